The lowest BCUT2D eigenvalue weighted by Crippen LogP contribution is -2.51. The van der Waals surface area contributed by atoms with Gasteiger partial charge >= 0.3 is 0 Å². The Morgan fingerprint density at radius 2 is 2.04 bits per heavy atom. The van der Waals surface area contributed by atoms with Gasteiger partial charge in [-0.1, -0.05) is 23.9 Å². The van der Waals surface area contributed by atoms with Crippen molar-refractivity contribution in [3.05, 3.63) is 30.1 Å². The van der Waals surface area contributed by atoms with Crippen LogP contribution in [0.2, 0.25) is 0 Å². The maximum Gasteiger partial charge on any atom is 0.283 e. The van der Waals surface area contributed by atoms with Crippen molar-refractivity contribution in [3.63, 3.8) is 0 Å². The van der Waals surface area contributed by atoms with Crippen molar-refractivity contribution in [1.29, 1.82) is 0 Å². The van der Waals surface area contributed by atoms with Gasteiger partial charge in [0.15, 0.2) is 16.7 Å². The number of hydrazine groups is 1. The van der Waals surface area contributed by atoms with Crippen molar-refractivity contribution >= 4 is 23.6 Å². The molecule has 1 aromatic carbocycles. The van der Waals surface area contributed by atoms with Gasteiger partial charge in [0, 0.05) is 7.05 Å². The number of carbonyl (C=O) groups is 2. The van der Waals surface area contributed by atoms with Crippen molar-refractivity contribution in [1.82, 2.24) is 25.6 Å². The molecule has 1 aromatic heterocycles. The third kappa shape index (κ3) is 4.02. The van der Waals surface area contributed by atoms with Crippen LogP contribution in [0.4, 0.5) is 0 Å². The lowest BCUT2D eigenvalue weighted by Gasteiger charge is -2.25. The molecule has 2 aromatic rings. The topological polar surface area (TPSA) is 107 Å². The molecule has 0 radical (unpaired) electrons. The highest BCUT2D eigenvalue weighted by molar-refractivity contribution is 7.99. The lowest BCUT2D eigenvalue weighted by molar-refractivity contribution is -0.134. The van der Waals surface area contributed by atoms with Crippen LogP contribution in [-0.4, -0.2) is 45.0 Å². The molecule has 1 atom stereocenters. The Labute approximate surface area is 148 Å². The van der Waals surface area contributed by atoms with Crippen molar-refractivity contribution in [2.45, 2.75) is 18.2 Å². The van der Waals surface area contributed by atoms with Gasteiger partial charge in [-0.2, -0.15) is 0 Å². The van der Waals surface area contributed by atoms with Gasteiger partial charge in [0.1, 0.15) is 12.4 Å². The zero-order valence-corrected chi connectivity index (χ0v) is 14.5. The minimum atomic E-state index is -0.829. The molecule has 2 heterocycles. The Balaban J connectivity index is 1.44. The summed E-state index contributed by atoms with van der Waals surface area (Å²) in [5, 5.41) is 8.48. The summed E-state index contributed by atoms with van der Waals surface area (Å²) in [6.45, 7) is 1.90. The number of benzene rings is 1. The van der Waals surface area contributed by atoms with Crippen LogP contribution in [0, 0.1) is 6.92 Å². The van der Waals surface area contributed by atoms with Gasteiger partial charge in [0.2, 0.25) is 12.0 Å². The normalized spacial score (nSPS) is 15.5. The molecule has 1 aliphatic heterocycles. The van der Waals surface area contributed by atoms with Gasteiger partial charge in [0.25, 0.3) is 5.91 Å². The van der Waals surface area contributed by atoms with Crippen LogP contribution in [0.15, 0.2) is 29.4 Å². The minimum Gasteiger partial charge on any atom is -0.485 e. The summed E-state index contributed by atoms with van der Waals surface area (Å²) >= 11 is 1.22. The van der Waals surface area contributed by atoms with E-state index < -0.39 is 12.0 Å². The minimum absolute atomic E-state index is 0.0751. The number of nitrogens with one attached hydrogen (secondary N) is 2. The van der Waals surface area contributed by atoms with Gasteiger partial charge in [-0.05, 0) is 19.1 Å². The monoisotopic (exact) mass is 363 g/mol. The summed E-state index contributed by atoms with van der Waals surface area (Å²) in [5.74, 6) is 1.08. The smallest absolute Gasteiger partial charge is 0.283 e. The molecule has 0 unspecified atom stereocenters. The summed E-state index contributed by atoms with van der Waals surface area (Å²) in [7, 11) is 1.82. The van der Waals surface area contributed by atoms with Crippen molar-refractivity contribution in [3.8, 4) is 11.5 Å². The zero-order valence-electron chi connectivity index (χ0n) is 13.7. The number of carbonyl (C=O) groups excluding carboxylic acids is 2. The highest BCUT2D eigenvalue weighted by atomic mass is 32.2. The van der Waals surface area contributed by atoms with Gasteiger partial charge in [0.05, 0.1) is 5.75 Å². The molecule has 0 bridgehead atoms. The first-order valence-electron chi connectivity index (χ1n) is 7.50. The lowest BCUT2D eigenvalue weighted by atomic mass is 10.2. The van der Waals surface area contributed by atoms with Crippen molar-refractivity contribution in [2.24, 2.45) is 7.05 Å². The number of rotatable bonds is 4. The molecule has 0 spiro atoms. The number of aromatic nitrogens is 3. The summed E-state index contributed by atoms with van der Waals surface area (Å²) in [4.78, 5) is 23.9. The first-order chi connectivity index (χ1) is 12.0. The van der Waals surface area contributed by atoms with E-state index in [1.165, 1.54) is 11.8 Å². The third-order valence-electron chi connectivity index (χ3n) is 3.51. The highest BCUT2D eigenvalue weighted by Gasteiger charge is 2.27. The summed E-state index contributed by atoms with van der Waals surface area (Å²) in [6.07, 6.45) is -0.829. The van der Waals surface area contributed by atoms with E-state index in [-0.39, 0.29) is 18.3 Å². The van der Waals surface area contributed by atoms with Crippen LogP contribution in [0.25, 0.3) is 0 Å². The molecule has 0 fully saturated rings. The molecule has 132 valence electrons. The Hall–Kier alpha value is -2.75. The molecule has 0 aliphatic carbocycles. The first-order valence-corrected chi connectivity index (χ1v) is 8.49. The summed E-state index contributed by atoms with van der Waals surface area (Å²) in [5.41, 5.74) is 4.69. The number of hydrogen-bond donors (Lipinski definition) is 2. The fraction of sp³-hybridized carbons (Fsp3) is 0.333. The molecular weight excluding hydrogens is 346 g/mol. The van der Waals surface area contributed by atoms with Gasteiger partial charge in [-0.15, -0.1) is 10.2 Å². The average molecular weight is 363 g/mol. The van der Waals surface area contributed by atoms with E-state index in [4.69, 9.17) is 9.47 Å². The fourth-order valence-corrected chi connectivity index (χ4v) is 2.80. The molecule has 25 heavy (non-hydrogen) atoms. The fourth-order valence-electron chi connectivity index (χ4n) is 2.04. The largest absolute Gasteiger partial charge is 0.485 e. The van der Waals surface area contributed by atoms with Crippen LogP contribution in [0.1, 0.15) is 5.82 Å². The number of nitrogens with zero attached hydrogens (tertiary/aromatic N) is 3. The van der Waals surface area contributed by atoms with Crippen molar-refractivity contribution in [2.75, 3.05) is 12.4 Å². The molecule has 2 amide bonds. The molecule has 1 aliphatic rings. The molecule has 0 saturated heterocycles. The second-order valence-corrected chi connectivity index (χ2v) is 6.22. The Morgan fingerprint density at radius 1 is 1.28 bits per heavy atom. The summed E-state index contributed by atoms with van der Waals surface area (Å²) in [6, 6.07) is 7.08. The standard InChI is InChI=1S/C15H17N5O4S/c1-9-16-19-15(20(9)2)25-8-13(21)17-18-14(22)12-7-23-10-5-3-4-6-11(10)24-12/h3-6,12H,7-8H2,1-2H3,(H,17,21)(H,18,22)/t12-/m0/s1. The third-order valence-corrected chi connectivity index (χ3v) is 4.53. The Bertz CT molecular complexity index is 794. The van der Waals surface area contributed by atoms with E-state index in [1.807, 2.05) is 20.0 Å². The Morgan fingerprint density at radius 3 is 2.76 bits per heavy atom. The van der Waals surface area contributed by atoms with E-state index in [0.29, 0.717) is 16.7 Å². The Kier molecular flexibility index (Phi) is 5.08. The predicted molar refractivity (Wildman–Crippen MR) is 89.1 cm³/mol. The van der Waals surface area contributed by atoms with Gasteiger partial charge in [-0.25, -0.2) is 0 Å². The maximum absolute atomic E-state index is 12.1. The van der Waals surface area contributed by atoms with Gasteiger partial charge < -0.3 is 14.0 Å². The molecule has 10 heteroatoms. The number of amides is 2. The van der Waals surface area contributed by atoms with E-state index in [2.05, 4.69) is 21.0 Å². The van der Waals surface area contributed by atoms with Crippen LogP contribution < -0.4 is 20.3 Å². The number of ether oxygens (including phenoxy) is 2. The second kappa shape index (κ2) is 7.43. The van der Waals surface area contributed by atoms with Crippen LogP contribution in [0.3, 0.4) is 0 Å². The summed E-state index contributed by atoms with van der Waals surface area (Å²) < 4.78 is 12.8. The zero-order chi connectivity index (χ0) is 17.8. The van der Waals surface area contributed by atoms with E-state index >= 15 is 0 Å². The van der Waals surface area contributed by atoms with Gasteiger partial charge in [-0.3, -0.25) is 20.4 Å². The molecular formula is C15H17N5O4S. The van der Waals surface area contributed by atoms with E-state index in [9.17, 15) is 9.59 Å². The predicted octanol–water partition coefficient (Wildman–Crippen LogP) is 0.203. The molecule has 2 N–H and O–H groups in total. The number of thioether (sulfide) groups is 1. The number of aryl methyl sites for hydroxylation is 1. The number of hydrogen-bond acceptors (Lipinski definition) is 7. The molecule has 9 nitrogen and oxygen atoms in total. The van der Waals surface area contributed by atoms with Crippen LogP contribution >= 0.6 is 11.8 Å². The average Bonchev–Trinajstić information content (AvgIpc) is 2.96. The van der Waals surface area contributed by atoms with E-state index in [1.54, 1.807) is 22.8 Å². The SMILES string of the molecule is Cc1nnc(SCC(=O)NNC(=O)[C@@H]2COc3ccccc3O2)n1C. The number of para-hydroxylation sites is 2. The molecule has 0 saturated carbocycles. The van der Waals surface area contributed by atoms with E-state index in [0.717, 1.165) is 5.82 Å². The molecule has 3 rings (SSSR count). The first kappa shape index (κ1) is 17.1. The maximum atomic E-state index is 12.1. The van der Waals surface area contributed by atoms with Crippen LogP contribution in [0.5, 0.6) is 11.5 Å². The quantitative estimate of drug-likeness (QED) is 0.590. The number of fused-ring (bicyclic) bond motifs is 1. The van der Waals surface area contributed by atoms with Crippen molar-refractivity contribution < 1.29 is 19.1 Å². The van der Waals surface area contributed by atoms with Crippen LogP contribution in [-0.2, 0) is 16.6 Å². The second-order valence-electron chi connectivity index (χ2n) is 5.28. The highest BCUT2D eigenvalue weighted by Crippen LogP contribution is 2.30.